The molecule has 1 amide bonds. The second-order valence-corrected chi connectivity index (χ2v) is 8.27. The van der Waals surface area contributed by atoms with Crippen molar-refractivity contribution in [3.63, 3.8) is 0 Å². The largest absolute Gasteiger partial charge is 0.353 e. The first-order valence-corrected chi connectivity index (χ1v) is 11.3. The van der Waals surface area contributed by atoms with Gasteiger partial charge in [-0.25, -0.2) is 9.97 Å². The SMILES string of the molecule is CSc1ncccc1C(=O)N1CCN(c2ccc(-c3noc(C4CC4)n3)cn2)CC1. The van der Waals surface area contributed by atoms with Gasteiger partial charge in [0.2, 0.25) is 11.7 Å². The number of hydrogen-bond donors (Lipinski definition) is 0. The molecular formula is C21H22N6O2S. The Kier molecular flexibility index (Phi) is 5.12. The topological polar surface area (TPSA) is 88.3 Å². The van der Waals surface area contributed by atoms with Crippen LogP contribution in [-0.4, -0.2) is 63.4 Å². The van der Waals surface area contributed by atoms with Crippen LogP contribution in [-0.2, 0) is 0 Å². The summed E-state index contributed by atoms with van der Waals surface area (Å²) in [7, 11) is 0. The smallest absolute Gasteiger partial charge is 0.256 e. The Bertz CT molecular complexity index is 1040. The summed E-state index contributed by atoms with van der Waals surface area (Å²) in [5.41, 5.74) is 1.52. The van der Waals surface area contributed by atoms with Gasteiger partial charge in [-0.05, 0) is 43.4 Å². The van der Waals surface area contributed by atoms with E-state index in [1.165, 1.54) is 11.8 Å². The highest BCUT2D eigenvalue weighted by Crippen LogP contribution is 2.39. The minimum absolute atomic E-state index is 0.0407. The van der Waals surface area contributed by atoms with Crippen molar-refractivity contribution >= 4 is 23.5 Å². The van der Waals surface area contributed by atoms with Crippen molar-refractivity contribution in [2.45, 2.75) is 23.8 Å². The summed E-state index contributed by atoms with van der Waals surface area (Å²) in [5, 5.41) is 4.84. The fraction of sp³-hybridized carbons (Fsp3) is 0.381. The minimum atomic E-state index is 0.0407. The molecule has 4 heterocycles. The number of anilines is 1. The summed E-state index contributed by atoms with van der Waals surface area (Å²) < 4.78 is 5.33. The Morgan fingerprint density at radius 1 is 1.13 bits per heavy atom. The van der Waals surface area contributed by atoms with Crippen LogP contribution in [0.5, 0.6) is 0 Å². The van der Waals surface area contributed by atoms with Crippen molar-refractivity contribution in [3.05, 3.63) is 48.1 Å². The minimum Gasteiger partial charge on any atom is -0.353 e. The number of rotatable bonds is 5. The maximum Gasteiger partial charge on any atom is 0.256 e. The van der Waals surface area contributed by atoms with Crippen molar-refractivity contribution in [2.75, 3.05) is 37.3 Å². The van der Waals surface area contributed by atoms with E-state index in [-0.39, 0.29) is 5.91 Å². The van der Waals surface area contributed by atoms with Gasteiger partial charge in [-0.15, -0.1) is 11.8 Å². The van der Waals surface area contributed by atoms with Gasteiger partial charge in [0.25, 0.3) is 5.91 Å². The number of nitrogens with zero attached hydrogens (tertiary/aromatic N) is 6. The molecule has 154 valence electrons. The Morgan fingerprint density at radius 2 is 1.97 bits per heavy atom. The molecule has 9 heteroatoms. The van der Waals surface area contributed by atoms with Gasteiger partial charge in [0, 0.05) is 50.1 Å². The average Bonchev–Trinajstić information content (AvgIpc) is 3.55. The molecule has 2 fully saturated rings. The van der Waals surface area contributed by atoms with E-state index in [2.05, 4.69) is 25.0 Å². The molecule has 0 unspecified atom stereocenters. The van der Waals surface area contributed by atoms with Crippen LogP contribution in [0.3, 0.4) is 0 Å². The number of piperazine rings is 1. The number of carbonyl (C=O) groups is 1. The van der Waals surface area contributed by atoms with Gasteiger partial charge in [-0.3, -0.25) is 4.79 Å². The number of amides is 1. The summed E-state index contributed by atoms with van der Waals surface area (Å²) in [5.74, 6) is 2.69. The van der Waals surface area contributed by atoms with Crippen molar-refractivity contribution in [1.82, 2.24) is 25.0 Å². The van der Waals surface area contributed by atoms with Crippen LogP contribution in [0, 0.1) is 0 Å². The molecule has 0 spiro atoms. The predicted octanol–water partition coefficient (Wildman–Crippen LogP) is 3.09. The van der Waals surface area contributed by atoms with E-state index in [9.17, 15) is 4.79 Å². The number of carbonyl (C=O) groups excluding carboxylic acids is 1. The molecule has 30 heavy (non-hydrogen) atoms. The molecule has 3 aromatic heterocycles. The van der Waals surface area contributed by atoms with Gasteiger partial charge >= 0.3 is 0 Å². The summed E-state index contributed by atoms with van der Waals surface area (Å²) in [4.78, 5) is 30.3. The van der Waals surface area contributed by atoms with Crippen molar-refractivity contribution in [3.8, 4) is 11.4 Å². The van der Waals surface area contributed by atoms with E-state index in [1.807, 2.05) is 35.4 Å². The maximum atomic E-state index is 12.9. The van der Waals surface area contributed by atoms with E-state index < -0.39 is 0 Å². The lowest BCUT2D eigenvalue weighted by Crippen LogP contribution is -2.49. The van der Waals surface area contributed by atoms with Gasteiger partial charge in [-0.1, -0.05) is 5.16 Å². The zero-order chi connectivity index (χ0) is 20.5. The van der Waals surface area contributed by atoms with Crippen molar-refractivity contribution in [1.29, 1.82) is 0 Å². The molecule has 1 saturated carbocycles. The summed E-state index contributed by atoms with van der Waals surface area (Å²) >= 11 is 1.50. The fourth-order valence-electron chi connectivity index (χ4n) is 3.58. The zero-order valence-corrected chi connectivity index (χ0v) is 17.5. The summed E-state index contributed by atoms with van der Waals surface area (Å²) in [6.07, 6.45) is 7.71. The Labute approximate surface area is 178 Å². The lowest BCUT2D eigenvalue weighted by atomic mass is 10.2. The Morgan fingerprint density at radius 3 is 2.67 bits per heavy atom. The standard InChI is InChI=1S/C21H22N6O2S/c1-30-20-16(3-2-8-22-20)21(28)27-11-9-26(10-12-27)17-7-6-15(13-23-17)18-24-19(29-25-18)14-4-5-14/h2-3,6-8,13-14H,4-5,9-12H2,1H3. The first-order valence-electron chi connectivity index (χ1n) is 10.1. The van der Waals surface area contributed by atoms with E-state index in [0.717, 1.165) is 48.2 Å². The van der Waals surface area contributed by atoms with Crippen LogP contribution in [0.4, 0.5) is 5.82 Å². The molecular weight excluding hydrogens is 400 g/mol. The number of pyridine rings is 2. The lowest BCUT2D eigenvalue weighted by molar-refractivity contribution is 0.0742. The zero-order valence-electron chi connectivity index (χ0n) is 16.7. The molecule has 5 rings (SSSR count). The molecule has 0 atom stereocenters. The van der Waals surface area contributed by atoms with Gasteiger partial charge in [0.05, 0.1) is 5.56 Å². The molecule has 0 bridgehead atoms. The third-order valence-corrected chi connectivity index (χ3v) is 6.17. The number of thioether (sulfide) groups is 1. The molecule has 1 saturated heterocycles. The molecule has 0 aromatic carbocycles. The van der Waals surface area contributed by atoms with Crippen molar-refractivity contribution < 1.29 is 9.32 Å². The maximum absolute atomic E-state index is 12.9. The van der Waals surface area contributed by atoms with Crippen LogP contribution >= 0.6 is 11.8 Å². The summed E-state index contributed by atoms with van der Waals surface area (Å²) in [6, 6.07) is 7.61. The van der Waals surface area contributed by atoms with E-state index in [0.29, 0.717) is 30.4 Å². The van der Waals surface area contributed by atoms with E-state index in [4.69, 9.17) is 4.52 Å². The van der Waals surface area contributed by atoms with Crippen LogP contribution in [0.1, 0.15) is 35.0 Å². The molecule has 1 aliphatic heterocycles. The Hall–Kier alpha value is -2.94. The second-order valence-electron chi connectivity index (χ2n) is 7.48. The third kappa shape index (κ3) is 3.77. The quantitative estimate of drug-likeness (QED) is 0.580. The molecule has 2 aliphatic rings. The summed E-state index contributed by atoms with van der Waals surface area (Å²) in [6.45, 7) is 2.78. The van der Waals surface area contributed by atoms with E-state index in [1.54, 1.807) is 12.4 Å². The fourth-order valence-corrected chi connectivity index (χ4v) is 4.12. The van der Waals surface area contributed by atoms with E-state index >= 15 is 0 Å². The predicted molar refractivity (Wildman–Crippen MR) is 114 cm³/mol. The molecule has 0 radical (unpaired) electrons. The first-order chi connectivity index (χ1) is 14.7. The lowest BCUT2D eigenvalue weighted by Gasteiger charge is -2.35. The number of hydrogen-bond acceptors (Lipinski definition) is 8. The molecule has 1 aliphatic carbocycles. The van der Waals surface area contributed by atoms with Gasteiger partial charge in [-0.2, -0.15) is 4.98 Å². The van der Waals surface area contributed by atoms with Gasteiger partial charge in [0.1, 0.15) is 10.8 Å². The highest BCUT2D eigenvalue weighted by atomic mass is 32.2. The van der Waals surface area contributed by atoms with Crippen LogP contribution < -0.4 is 4.90 Å². The van der Waals surface area contributed by atoms with Crippen LogP contribution in [0.15, 0.2) is 46.2 Å². The number of aromatic nitrogens is 4. The highest BCUT2D eigenvalue weighted by molar-refractivity contribution is 7.98. The Balaban J connectivity index is 1.22. The third-order valence-electron chi connectivity index (χ3n) is 5.46. The second kappa shape index (κ2) is 8.06. The van der Waals surface area contributed by atoms with Crippen molar-refractivity contribution in [2.24, 2.45) is 0 Å². The normalized spacial score (nSPS) is 16.7. The molecule has 3 aromatic rings. The van der Waals surface area contributed by atoms with Crippen LogP contribution in [0.2, 0.25) is 0 Å². The van der Waals surface area contributed by atoms with Crippen LogP contribution in [0.25, 0.3) is 11.4 Å². The molecule has 8 nitrogen and oxygen atoms in total. The highest BCUT2D eigenvalue weighted by Gasteiger charge is 2.30. The first kappa shape index (κ1) is 19.0. The van der Waals surface area contributed by atoms with Gasteiger partial charge in [0.15, 0.2) is 0 Å². The average molecular weight is 423 g/mol. The van der Waals surface area contributed by atoms with Gasteiger partial charge < -0.3 is 14.3 Å². The monoisotopic (exact) mass is 422 g/mol. The molecule has 0 N–H and O–H groups in total.